The highest BCUT2D eigenvalue weighted by Crippen LogP contribution is 2.39. The third kappa shape index (κ3) is 9.55. The number of nitrogens with zero attached hydrogens (tertiary/aromatic N) is 4. The summed E-state index contributed by atoms with van der Waals surface area (Å²) in [5.41, 5.74) is 3.85. The first-order chi connectivity index (χ1) is 17.6. The summed E-state index contributed by atoms with van der Waals surface area (Å²) in [4.78, 5) is 43.3. The summed E-state index contributed by atoms with van der Waals surface area (Å²) in [7, 11) is 0. The number of piperidine rings is 1. The molecule has 4 rings (SSSR count). The third-order valence-electron chi connectivity index (χ3n) is 5.73. The van der Waals surface area contributed by atoms with Crippen LogP contribution in [0, 0.1) is 5.41 Å². The fourth-order valence-corrected chi connectivity index (χ4v) is 4.63. The molecule has 2 N–H and O–H groups in total. The van der Waals surface area contributed by atoms with Crippen LogP contribution in [-0.2, 0) is 16.1 Å². The SMILES string of the molecule is O=C(O)C(F)(F)F.O=C(O)C(F)(F)F.O=C(c1cscn1)N1CCCC2(CCN(Cc3cccnc3)C2)C1. The van der Waals surface area contributed by atoms with Crippen LogP contribution < -0.4 is 0 Å². The number of thiazole rings is 1. The van der Waals surface area contributed by atoms with Gasteiger partial charge in [-0.3, -0.25) is 14.7 Å². The summed E-state index contributed by atoms with van der Waals surface area (Å²) < 4.78 is 63.5. The van der Waals surface area contributed by atoms with Crippen molar-refractivity contribution in [2.45, 2.75) is 38.2 Å². The number of carbonyl (C=O) groups is 3. The number of carbonyl (C=O) groups excluding carboxylic acids is 1. The van der Waals surface area contributed by atoms with Gasteiger partial charge in [-0.2, -0.15) is 26.3 Å². The average molecular weight is 571 g/mol. The molecule has 4 heterocycles. The molecule has 2 aromatic rings. The second-order valence-corrected chi connectivity index (χ2v) is 9.35. The number of halogens is 6. The van der Waals surface area contributed by atoms with Gasteiger partial charge in [0.15, 0.2) is 0 Å². The second kappa shape index (κ2) is 13.0. The molecule has 2 saturated heterocycles. The Morgan fingerprint density at radius 2 is 1.63 bits per heavy atom. The van der Waals surface area contributed by atoms with Crippen LogP contribution in [0.25, 0.3) is 0 Å². The summed E-state index contributed by atoms with van der Waals surface area (Å²) in [5, 5.41) is 16.1. The van der Waals surface area contributed by atoms with E-state index in [1.54, 1.807) is 5.51 Å². The van der Waals surface area contributed by atoms with Gasteiger partial charge in [0.2, 0.25) is 0 Å². The molecule has 0 aromatic carbocycles. The van der Waals surface area contributed by atoms with Crippen LogP contribution in [0.5, 0.6) is 0 Å². The predicted octanol–water partition coefficient (Wildman–Crippen LogP) is 3.93. The van der Waals surface area contributed by atoms with Crippen molar-refractivity contribution in [2.24, 2.45) is 5.41 Å². The van der Waals surface area contributed by atoms with E-state index < -0.39 is 24.3 Å². The van der Waals surface area contributed by atoms with Crippen LogP contribution >= 0.6 is 11.3 Å². The third-order valence-corrected chi connectivity index (χ3v) is 6.32. The van der Waals surface area contributed by atoms with E-state index in [0.717, 1.165) is 39.1 Å². The maximum atomic E-state index is 12.6. The van der Waals surface area contributed by atoms with Crippen LogP contribution in [0.15, 0.2) is 35.4 Å². The molecule has 38 heavy (non-hydrogen) atoms. The summed E-state index contributed by atoms with van der Waals surface area (Å²) in [5.74, 6) is -5.42. The van der Waals surface area contributed by atoms with Gasteiger partial charge in [0.1, 0.15) is 5.69 Å². The summed E-state index contributed by atoms with van der Waals surface area (Å²) in [6, 6.07) is 4.13. The van der Waals surface area contributed by atoms with E-state index in [9.17, 15) is 31.1 Å². The fourth-order valence-electron chi connectivity index (χ4n) is 4.11. The lowest BCUT2D eigenvalue weighted by molar-refractivity contribution is -0.193. The smallest absolute Gasteiger partial charge is 0.475 e. The van der Waals surface area contributed by atoms with Gasteiger partial charge in [-0.1, -0.05) is 6.07 Å². The van der Waals surface area contributed by atoms with E-state index in [1.165, 1.54) is 29.7 Å². The highest BCUT2D eigenvalue weighted by Gasteiger charge is 2.42. The molecule has 0 radical (unpaired) electrons. The summed E-state index contributed by atoms with van der Waals surface area (Å²) >= 11 is 1.48. The molecule has 2 fully saturated rings. The maximum absolute atomic E-state index is 12.6. The topological polar surface area (TPSA) is 124 Å². The van der Waals surface area contributed by atoms with Crippen molar-refractivity contribution in [1.82, 2.24) is 19.8 Å². The number of pyridine rings is 1. The quantitative estimate of drug-likeness (QED) is 0.532. The van der Waals surface area contributed by atoms with Crippen LogP contribution in [0.4, 0.5) is 26.3 Å². The number of amides is 1. The molecule has 0 aliphatic carbocycles. The molecule has 9 nitrogen and oxygen atoms in total. The lowest BCUT2D eigenvalue weighted by Gasteiger charge is -2.40. The van der Waals surface area contributed by atoms with Gasteiger partial charge in [-0.15, -0.1) is 11.3 Å². The molecule has 1 atom stereocenters. The summed E-state index contributed by atoms with van der Waals surface area (Å²) in [6.07, 6.45) is -2.91. The lowest BCUT2D eigenvalue weighted by atomic mass is 9.79. The number of carboxylic acids is 2. The van der Waals surface area contributed by atoms with Gasteiger partial charge in [-0.25, -0.2) is 14.6 Å². The number of likely N-dealkylation sites (tertiary alicyclic amines) is 2. The number of rotatable bonds is 3. The predicted molar refractivity (Wildman–Crippen MR) is 121 cm³/mol. The molecule has 16 heteroatoms. The van der Waals surface area contributed by atoms with E-state index in [-0.39, 0.29) is 11.3 Å². The van der Waals surface area contributed by atoms with E-state index in [0.29, 0.717) is 5.69 Å². The van der Waals surface area contributed by atoms with E-state index >= 15 is 0 Å². The van der Waals surface area contributed by atoms with Gasteiger partial charge in [0, 0.05) is 49.4 Å². The Morgan fingerprint density at radius 3 is 2.13 bits per heavy atom. The van der Waals surface area contributed by atoms with Crippen molar-refractivity contribution in [1.29, 1.82) is 0 Å². The number of carboxylic acid groups (broad SMARTS) is 2. The lowest BCUT2D eigenvalue weighted by Crippen LogP contribution is -2.47. The first kappa shape index (κ1) is 31.0. The Hall–Kier alpha value is -3.27. The molecule has 1 spiro atoms. The van der Waals surface area contributed by atoms with Crippen LogP contribution in [-0.4, -0.2) is 86.4 Å². The Kier molecular flexibility index (Phi) is 10.6. The van der Waals surface area contributed by atoms with Crippen LogP contribution in [0.1, 0.15) is 35.3 Å². The molecule has 2 aliphatic rings. The summed E-state index contributed by atoms with van der Waals surface area (Å²) in [6.45, 7) is 4.86. The standard InChI is InChI=1S/C18H22N4OS.2C2HF3O2/c23-17(16-11-24-14-20-16)22-7-2-4-18(13-22)5-8-21(12-18)10-15-3-1-6-19-9-15;2*3-2(4,5)1(6)7/h1,3,6,9,11,14H,2,4-5,7-8,10,12-13H2;2*(H,6,7). The Bertz CT molecular complexity index is 1040. The van der Waals surface area contributed by atoms with Gasteiger partial charge in [0.25, 0.3) is 5.91 Å². The highest BCUT2D eigenvalue weighted by molar-refractivity contribution is 7.07. The van der Waals surface area contributed by atoms with Crippen molar-refractivity contribution in [2.75, 3.05) is 26.2 Å². The molecule has 210 valence electrons. The van der Waals surface area contributed by atoms with E-state index in [4.69, 9.17) is 19.8 Å². The molecule has 1 unspecified atom stereocenters. The number of aliphatic carboxylic acids is 2. The van der Waals surface area contributed by atoms with E-state index in [1.807, 2.05) is 28.7 Å². The zero-order chi connectivity index (χ0) is 28.6. The van der Waals surface area contributed by atoms with Crippen LogP contribution in [0.2, 0.25) is 0 Å². The van der Waals surface area contributed by atoms with Crippen molar-refractivity contribution in [3.05, 3.63) is 46.7 Å². The highest BCUT2D eigenvalue weighted by atomic mass is 32.1. The Balaban J connectivity index is 0.000000301. The molecular formula is C22H24F6N4O5S. The van der Waals surface area contributed by atoms with Crippen molar-refractivity contribution in [3.63, 3.8) is 0 Å². The van der Waals surface area contributed by atoms with Crippen molar-refractivity contribution < 1.29 is 50.9 Å². The minimum atomic E-state index is -5.08. The van der Waals surface area contributed by atoms with Crippen molar-refractivity contribution >= 4 is 29.2 Å². The number of aromatic nitrogens is 2. The normalized spacial score (nSPS) is 19.7. The van der Waals surface area contributed by atoms with Gasteiger partial charge >= 0.3 is 24.3 Å². The first-order valence-corrected chi connectivity index (χ1v) is 12.0. The Morgan fingerprint density at radius 1 is 1.00 bits per heavy atom. The minimum absolute atomic E-state index is 0.0982. The monoisotopic (exact) mass is 570 g/mol. The van der Waals surface area contributed by atoms with Crippen molar-refractivity contribution in [3.8, 4) is 0 Å². The molecule has 1 amide bonds. The Labute approximate surface area is 216 Å². The number of hydrogen-bond donors (Lipinski definition) is 2. The zero-order valence-electron chi connectivity index (χ0n) is 19.7. The number of hydrogen-bond acceptors (Lipinski definition) is 7. The molecule has 2 aliphatic heterocycles. The maximum Gasteiger partial charge on any atom is 0.490 e. The molecule has 2 aromatic heterocycles. The van der Waals surface area contributed by atoms with Gasteiger partial charge in [0.05, 0.1) is 5.51 Å². The first-order valence-electron chi connectivity index (χ1n) is 11.0. The average Bonchev–Trinajstić information content (AvgIpc) is 3.50. The fraction of sp³-hybridized carbons (Fsp3) is 0.500. The largest absolute Gasteiger partial charge is 0.490 e. The number of alkyl halides is 6. The van der Waals surface area contributed by atoms with Crippen LogP contribution in [0.3, 0.4) is 0 Å². The minimum Gasteiger partial charge on any atom is -0.475 e. The second-order valence-electron chi connectivity index (χ2n) is 8.63. The zero-order valence-corrected chi connectivity index (χ0v) is 20.5. The molecule has 0 saturated carbocycles. The van der Waals surface area contributed by atoms with Gasteiger partial charge in [-0.05, 0) is 37.4 Å². The van der Waals surface area contributed by atoms with E-state index in [2.05, 4.69) is 20.9 Å². The molecule has 0 bridgehead atoms. The van der Waals surface area contributed by atoms with Gasteiger partial charge < -0.3 is 15.1 Å². The molecular weight excluding hydrogens is 546 g/mol.